The first-order chi connectivity index (χ1) is 17.5. The number of H-pyrrole nitrogens is 1. The van der Waals surface area contributed by atoms with E-state index in [9.17, 15) is 4.79 Å². The molecule has 10 nitrogen and oxygen atoms in total. The number of ether oxygens (including phenoxy) is 1. The Kier molecular flexibility index (Phi) is 5.88. The van der Waals surface area contributed by atoms with E-state index in [1.165, 1.54) is 25.7 Å². The molecular weight excluding hydrogens is 482 g/mol. The third-order valence-electron chi connectivity index (χ3n) is 7.77. The van der Waals surface area contributed by atoms with Crippen LogP contribution >= 0.6 is 11.6 Å². The standard InChI is InChI=1S/C25H28ClN7O3/c1-14-4-6-15(7-5-14)13-33-19-18(16-10-17(26)12-27-11-16)28-21(22-31-24(34)36-32-22)29-20(19)30-23(33)25(35-2)8-3-9-25/h10-12,14-15H,3-9,13H2,1-2H3,(H,31,32,34). The lowest BCUT2D eigenvalue weighted by Gasteiger charge is -2.40. The minimum Gasteiger partial charge on any atom is -0.370 e. The van der Waals surface area contributed by atoms with Crippen LogP contribution in [0.25, 0.3) is 34.1 Å². The molecule has 2 saturated carbocycles. The SMILES string of the molecule is COC1(c2nc3nc(-c4noc(=O)[nH]4)nc(-c4cncc(Cl)c4)c3n2CC2CCC(C)CC2)CCC1. The van der Waals surface area contributed by atoms with E-state index in [2.05, 4.69) is 26.6 Å². The third kappa shape index (κ3) is 4.02. The molecule has 4 aromatic heterocycles. The van der Waals surface area contributed by atoms with Crippen molar-refractivity contribution in [1.82, 2.24) is 34.6 Å². The van der Waals surface area contributed by atoms with Crippen LogP contribution in [-0.4, -0.2) is 41.8 Å². The topological polar surface area (TPSA) is 125 Å². The zero-order valence-electron chi connectivity index (χ0n) is 20.3. The molecule has 0 bridgehead atoms. The summed E-state index contributed by atoms with van der Waals surface area (Å²) < 4.78 is 13.1. The monoisotopic (exact) mass is 509 g/mol. The van der Waals surface area contributed by atoms with E-state index in [0.29, 0.717) is 22.3 Å². The van der Waals surface area contributed by atoms with Gasteiger partial charge in [-0.25, -0.2) is 19.7 Å². The minimum absolute atomic E-state index is 0.139. The molecule has 36 heavy (non-hydrogen) atoms. The molecule has 1 N–H and O–H groups in total. The molecular formula is C25H28ClN7O3. The number of rotatable bonds is 6. The highest BCUT2D eigenvalue weighted by Gasteiger charge is 2.44. The van der Waals surface area contributed by atoms with Crippen molar-refractivity contribution >= 4 is 22.8 Å². The van der Waals surface area contributed by atoms with Gasteiger partial charge in [0.1, 0.15) is 22.6 Å². The molecule has 0 saturated heterocycles. The van der Waals surface area contributed by atoms with Crippen LogP contribution in [-0.2, 0) is 16.9 Å². The average molecular weight is 510 g/mol. The van der Waals surface area contributed by atoms with Gasteiger partial charge in [0.25, 0.3) is 0 Å². The van der Waals surface area contributed by atoms with Gasteiger partial charge in [-0.1, -0.05) is 36.5 Å². The number of pyridine rings is 1. The molecule has 11 heteroatoms. The first-order valence-corrected chi connectivity index (χ1v) is 12.8. The second-order valence-electron chi connectivity index (χ2n) is 10.1. The van der Waals surface area contributed by atoms with Gasteiger partial charge >= 0.3 is 5.76 Å². The van der Waals surface area contributed by atoms with E-state index in [1.807, 2.05) is 6.07 Å². The van der Waals surface area contributed by atoms with Crippen LogP contribution in [0.3, 0.4) is 0 Å². The van der Waals surface area contributed by atoms with Gasteiger partial charge in [0.15, 0.2) is 5.65 Å². The normalized spacial score (nSPS) is 21.5. The summed E-state index contributed by atoms with van der Waals surface area (Å²) in [7, 11) is 1.75. The van der Waals surface area contributed by atoms with Crippen molar-refractivity contribution in [3.05, 3.63) is 39.9 Å². The van der Waals surface area contributed by atoms with Crippen LogP contribution < -0.4 is 5.76 Å². The molecule has 2 aliphatic carbocycles. The number of hydrogen-bond acceptors (Lipinski definition) is 8. The van der Waals surface area contributed by atoms with E-state index in [0.717, 1.165) is 48.6 Å². The van der Waals surface area contributed by atoms with Crippen LogP contribution in [0.5, 0.6) is 0 Å². The van der Waals surface area contributed by atoms with E-state index in [4.69, 9.17) is 35.8 Å². The number of methoxy groups -OCH3 is 1. The van der Waals surface area contributed by atoms with Gasteiger partial charge in [-0.15, -0.1) is 0 Å². The van der Waals surface area contributed by atoms with Gasteiger partial charge in [0.05, 0.1) is 5.02 Å². The fraction of sp³-hybridized carbons (Fsp3) is 0.520. The highest BCUT2D eigenvalue weighted by molar-refractivity contribution is 6.30. The predicted molar refractivity (Wildman–Crippen MR) is 133 cm³/mol. The maximum absolute atomic E-state index is 11.6. The second-order valence-corrected chi connectivity index (χ2v) is 10.6. The Balaban J connectivity index is 1.60. The fourth-order valence-electron chi connectivity index (χ4n) is 5.52. The Morgan fingerprint density at radius 1 is 1.19 bits per heavy atom. The summed E-state index contributed by atoms with van der Waals surface area (Å²) in [6.07, 6.45) is 11.0. The van der Waals surface area contributed by atoms with Crippen molar-refractivity contribution in [3.63, 3.8) is 0 Å². The number of nitrogens with zero attached hydrogens (tertiary/aromatic N) is 6. The van der Waals surface area contributed by atoms with E-state index < -0.39 is 11.4 Å². The summed E-state index contributed by atoms with van der Waals surface area (Å²) in [4.78, 5) is 33.1. The number of aromatic amines is 1. The lowest BCUT2D eigenvalue weighted by atomic mass is 9.78. The predicted octanol–water partition coefficient (Wildman–Crippen LogP) is 4.74. The molecule has 0 radical (unpaired) electrons. The number of fused-ring (bicyclic) bond motifs is 1. The van der Waals surface area contributed by atoms with Gasteiger partial charge in [-0.3, -0.25) is 14.5 Å². The molecule has 2 aliphatic rings. The van der Waals surface area contributed by atoms with Crippen molar-refractivity contribution < 1.29 is 9.26 Å². The maximum Gasteiger partial charge on any atom is 0.439 e. The summed E-state index contributed by atoms with van der Waals surface area (Å²) in [5, 5.41) is 4.29. The Labute approximate surface area is 212 Å². The zero-order chi connectivity index (χ0) is 24.9. The van der Waals surface area contributed by atoms with E-state index in [1.54, 1.807) is 19.5 Å². The quantitative estimate of drug-likeness (QED) is 0.395. The van der Waals surface area contributed by atoms with Gasteiger partial charge in [-0.2, -0.15) is 0 Å². The molecule has 0 amide bonds. The molecule has 188 valence electrons. The first kappa shape index (κ1) is 23.3. The van der Waals surface area contributed by atoms with Crippen molar-refractivity contribution in [3.8, 4) is 22.9 Å². The summed E-state index contributed by atoms with van der Waals surface area (Å²) in [6.45, 7) is 3.14. The first-order valence-electron chi connectivity index (χ1n) is 12.5. The number of nitrogens with one attached hydrogen (secondary N) is 1. The number of halogens is 1. The Bertz CT molecular complexity index is 1460. The summed E-state index contributed by atoms with van der Waals surface area (Å²) in [6, 6.07) is 1.82. The molecule has 4 heterocycles. The largest absolute Gasteiger partial charge is 0.439 e. The number of aromatic nitrogens is 7. The van der Waals surface area contributed by atoms with Crippen molar-refractivity contribution in [2.75, 3.05) is 7.11 Å². The lowest BCUT2D eigenvalue weighted by molar-refractivity contribution is -0.0870. The third-order valence-corrected chi connectivity index (χ3v) is 7.98. The van der Waals surface area contributed by atoms with Crippen LogP contribution in [0, 0.1) is 11.8 Å². The zero-order valence-corrected chi connectivity index (χ0v) is 21.1. The van der Waals surface area contributed by atoms with Gasteiger partial charge in [-0.05, 0) is 50.0 Å². The summed E-state index contributed by atoms with van der Waals surface area (Å²) >= 11 is 6.32. The Morgan fingerprint density at radius 2 is 2.00 bits per heavy atom. The fourth-order valence-corrected chi connectivity index (χ4v) is 5.70. The van der Waals surface area contributed by atoms with Crippen molar-refractivity contribution in [1.29, 1.82) is 0 Å². The van der Waals surface area contributed by atoms with Crippen molar-refractivity contribution in [2.45, 2.75) is 64.0 Å². The van der Waals surface area contributed by atoms with Crippen LogP contribution in [0.15, 0.2) is 27.8 Å². The van der Waals surface area contributed by atoms with Gasteiger partial charge in [0.2, 0.25) is 11.6 Å². The molecule has 6 rings (SSSR count). The van der Waals surface area contributed by atoms with Crippen LogP contribution in [0.4, 0.5) is 0 Å². The van der Waals surface area contributed by atoms with Crippen LogP contribution in [0.1, 0.15) is 57.7 Å². The molecule has 2 fully saturated rings. The van der Waals surface area contributed by atoms with E-state index >= 15 is 0 Å². The average Bonchev–Trinajstić information content (AvgIpc) is 3.44. The summed E-state index contributed by atoms with van der Waals surface area (Å²) in [5.74, 6) is 1.85. The second kappa shape index (κ2) is 9.08. The Hall–Kier alpha value is -3.11. The highest BCUT2D eigenvalue weighted by atomic mass is 35.5. The van der Waals surface area contributed by atoms with Crippen LogP contribution in [0.2, 0.25) is 5.02 Å². The molecule has 0 unspecified atom stereocenters. The summed E-state index contributed by atoms with van der Waals surface area (Å²) in [5.41, 5.74) is 2.23. The molecule has 0 aliphatic heterocycles. The molecule has 0 atom stereocenters. The highest BCUT2D eigenvalue weighted by Crippen LogP contribution is 2.46. The van der Waals surface area contributed by atoms with Gasteiger partial charge in [0, 0.05) is 31.6 Å². The van der Waals surface area contributed by atoms with Crippen molar-refractivity contribution in [2.24, 2.45) is 11.8 Å². The maximum atomic E-state index is 11.6. The lowest BCUT2D eigenvalue weighted by Crippen LogP contribution is -2.39. The molecule has 0 spiro atoms. The van der Waals surface area contributed by atoms with E-state index in [-0.39, 0.29) is 11.6 Å². The Morgan fingerprint density at radius 3 is 2.64 bits per heavy atom. The number of hydrogen-bond donors (Lipinski definition) is 1. The molecule has 0 aromatic carbocycles. The minimum atomic E-state index is -0.676. The smallest absolute Gasteiger partial charge is 0.370 e. The number of imidazole rings is 1. The van der Waals surface area contributed by atoms with Gasteiger partial charge < -0.3 is 9.30 Å². The molecule has 4 aromatic rings.